The van der Waals surface area contributed by atoms with Crippen molar-refractivity contribution in [1.29, 1.82) is 0 Å². The molecule has 1 atom stereocenters. The molecule has 0 saturated heterocycles. The van der Waals surface area contributed by atoms with E-state index in [9.17, 15) is 4.39 Å². The molecule has 0 bridgehead atoms. The van der Waals surface area contributed by atoms with Crippen molar-refractivity contribution in [1.82, 2.24) is 5.32 Å². The highest BCUT2D eigenvalue weighted by atomic mass is 35.5. The van der Waals surface area contributed by atoms with Crippen LogP contribution in [0.2, 0.25) is 5.02 Å². The topological polar surface area (TPSA) is 12.0 Å². The van der Waals surface area contributed by atoms with Gasteiger partial charge in [-0.05, 0) is 42.5 Å². The second-order valence-electron chi connectivity index (χ2n) is 5.26. The predicted molar refractivity (Wildman–Crippen MR) is 72.0 cm³/mol. The molecule has 0 aliphatic heterocycles. The molecule has 1 unspecified atom stereocenters. The van der Waals surface area contributed by atoms with Gasteiger partial charge >= 0.3 is 0 Å². The average molecular weight is 258 g/mol. The Kier molecular flexibility index (Phi) is 4.96. The number of rotatable bonds is 5. The molecule has 0 amide bonds. The van der Waals surface area contributed by atoms with Gasteiger partial charge in [0.05, 0.1) is 5.02 Å². The number of hydrogen-bond donors (Lipinski definition) is 1. The molecule has 1 aromatic rings. The monoisotopic (exact) mass is 257 g/mol. The van der Waals surface area contributed by atoms with Crippen molar-refractivity contribution in [3.05, 3.63) is 34.6 Å². The maximum atomic E-state index is 13.1. The fraction of sp³-hybridized carbons (Fsp3) is 0.571. The SMILES string of the molecule is CNCC(C)(Cc1ccc(F)c(Cl)c1)C(C)C. The minimum Gasteiger partial charge on any atom is -0.319 e. The van der Waals surface area contributed by atoms with Crippen LogP contribution >= 0.6 is 11.6 Å². The van der Waals surface area contributed by atoms with Crippen molar-refractivity contribution in [3.63, 3.8) is 0 Å². The first kappa shape index (κ1) is 14.5. The zero-order chi connectivity index (χ0) is 13.1. The van der Waals surface area contributed by atoms with E-state index in [1.807, 2.05) is 13.1 Å². The lowest BCUT2D eigenvalue weighted by Crippen LogP contribution is -2.36. The molecule has 0 aliphatic carbocycles. The van der Waals surface area contributed by atoms with Gasteiger partial charge in [-0.25, -0.2) is 4.39 Å². The molecule has 0 aromatic heterocycles. The highest BCUT2D eigenvalue weighted by Gasteiger charge is 2.28. The van der Waals surface area contributed by atoms with E-state index in [4.69, 9.17) is 11.6 Å². The fourth-order valence-electron chi connectivity index (χ4n) is 1.99. The first-order valence-electron chi connectivity index (χ1n) is 5.97. The molecular weight excluding hydrogens is 237 g/mol. The molecule has 17 heavy (non-hydrogen) atoms. The number of hydrogen-bond acceptors (Lipinski definition) is 1. The van der Waals surface area contributed by atoms with Crippen molar-refractivity contribution >= 4 is 11.6 Å². The zero-order valence-corrected chi connectivity index (χ0v) is 11.7. The molecule has 0 heterocycles. The molecule has 1 N–H and O–H groups in total. The Bertz CT molecular complexity index is 378. The Morgan fingerprint density at radius 3 is 2.53 bits per heavy atom. The van der Waals surface area contributed by atoms with Crippen LogP contribution in [-0.4, -0.2) is 13.6 Å². The second-order valence-corrected chi connectivity index (χ2v) is 5.67. The van der Waals surface area contributed by atoms with Crippen LogP contribution in [0.15, 0.2) is 18.2 Å². The van der Waals surface area contributed by atoms with E-state index in [1.165, 1.54) is 6.07 Å². The summed E-state index contributed by atoms with van der Waals surface area (Å²) in [5.41, 5.74) is 1.23. The normalized spacial score (nSPS) is 15.0. The summed E-state index contributed by atoms with van der Waals surface area (Å²) < 4.78 is 13.1. The van der Waals surface area contributed by atoms with Crippen LogP contribution in [0.4, 0.5) is 4.39 Å². The summed E-state index contributed by atoms with van der Waals surface area (Å²) in [7, 11) is 1.96. The van der Waals surface area contributed by atoms with Crippen LogP contribution in [0, 0.1) is 17.2 Å². The number of nitrogens with one attached hydrogen (secondary N) is 1. The van der Waals surface area contributed by atoms with Gasteiger partial charge in [0.2, 0.25) is 0 Å². The van der Waals surface area contributed by atoms with Crippen LogP contribution in [0.1, 0.15) is 26.3 Å². The predicted octanol–water partition coefficient (Wildman–Crippen LogP) is 3.90. The van der Waals surface area contributed by atoms with Crippen LogP contribution < -0.4 is 5.32 Å². The van der Waals surface area contributed by atoms with Crippen LogP contribution in [0.25, 0.3) is 0 Å². The Balaban J connectivity index is 2.90. The zero-order valence-electron chi connectivity index (χ0n) is 11.0. The first-order valence-corrected chi connectivity index (χ1v) is 6.35. The summed E-state index contributed by atoms with van der Waals surface area (Å²) >= 11 is 5.81. The maximum Gasteiger partial charge on any atom is 0.141 e. The molecule has 0 spiro atoms. The third kappa shape index (κ3) is 3.68. The van der Waals surface area contributed by atoms with E-state index >= 15 is 0 Å². The highest BCUT2D eigenvalue weighted by Crippen LogP contribution is 2.31. The summed E-state index contributed by atoms with van der Waals surface area (Å²) in [6.07, 6.45) is 0.894. The second kappa shape index (κ2) is 5.83. The van der Waals surface area contributed by atoms with Crippen molar-refractivity contribution in [3.8, 4) is 0 Å². The lowest BCUT2D eigenvalue weighted by Gasteiger charge is -2.34. The Morgan fingerprint density at radius 1 is 1.41 bits per heavy atom. The Labute approximate surface area is 108 Å². The molecule has 0 radical (unpaired) electrons. The van der Waals surface area contributed by atoms with Gasteiger partial charge in [-0.3, -0.25) is 0 Å². The first-order chi connectivity index (χ1) is 7.89. The standard InChI is InChI=1S/C14H21ClFN/c1-10(2)14(3,9-17-4)8-11-5-6-13(16)12(15)7-11/h5-7,10,17H,8-9H2,1-4H3. The average Bonchev–Trinajstić information content (AvgIpc) is 2.23. The number of halogens is 2. The smallest absolute Gasteiger partial charge is 0.141 e. The summed E-state index contributed by atoms with van der Waals surface area (Å²) in [5.74, 6) is 0.189. The van der Waals surface area contributed by atoms with Gasteiger partial charge in [0, 0.05) is 6.54 Å². The van der Waals surface area contributed by atoms with E-state index in [0.29, 0.717) is 5.92 Å². The Hall–Kier alpha value is -0.600. The molecule has 0 saturated carbocycles. The van der Waals surface area contributed by atoms with E-state index in [0.717, 1.165) is 18.5 Å². The summed E-state index contributed by atoms with van der Waals surface area (Å²) in [5, 5.41) is 3.44. The van der Waals surface area contributed by atoms with Gasteiger partial charge in [0.25, 0.3) is 0 Å². The van der Waals surface area contributed by atoms with Crippen LogP contribution in [0.3, 0.4) is 0 Å². The van der Waals surface area contributed by atoms with E-state index in [1.54, 1.807) is 6.07 Å². The lowest BCUT2D eigenvalue weighted by atomic mass is 9.74. The third-order valence-corrected chi connectivity index (χ3v) is 3.86. The minimum atomic E-state index is -0.352. The molecule has 96 valence electrons. The van der Waals surface area contributed by atoms with Gasteiger partial charge in [0.15, 0.2) is 0 Å². The highest BCUT2D eigenvalue weighted by molar-refractivity contribution is 6.30. The maximum absolute atomic E-state index is 13.1. The summed E-state index contributed by atoms with van der Waals surface area (Å²) in [6, 6.07) is 4.99. The Morgan fingerprint density at radius 2 is 2.06 bits per heavy atom. The van der Waals surface area contributed by atoms with Gasteiger partial charge in [0.1, 0.15) is 5.82 Å². The largest absolute Gasteiger partial charge is 0.319 e. The molecule has 1 rings (SSSR count). The van der Waals surface area contributed by atoms with Gasteiger partial charge < -0.3 is 5.32 Å². The van der Waals surface area contributed by atoms with E-state index in [2.05, 4.69) is 26.1 Å². The van der Waals surface area contributed by atoms with Gasteiger partial charge in [-0.15, -0.1) is 0 Å². The van der Waals surface area contributed by atoms with Crippen molar-refractivity contribution in [2.75, 3.05) is 13.6 Å². The molecular formula is C14H21ClFN. The van der Waals surface area contributed by atoms with Gasteiger partial charge in [-0.2, -0.15) is 0 Å². The van der Waals surface area contributed by atoms with Crippen LogP contribution in [-0.2, 0) is 6.42 Å². The molecule has 1 aromatic carbocycles. The summed E-state index contributed by atoms with van der Waals surface area (Å²) in [4.78, 5) is 0. The molecule has 0 fully saturated rings. The van der Waals surface area contributed by atoms with E-state index in [-0.39, 0.29) is 16.3 Å². The number of benzene rings is 1. The third-order valence-electron chi connectivity index (χ3n) is 3.57. The fourth-order valence-corrected chi connectivity index (χ4v) is 2.19. The van der Waals surface area contributed by atoms with Crippen LogP contribution in [0.5, 0.6) is 0 Å². The molecule has 1 nitrogen and oxygen atoms in total. The van der Waals surface area contributed by atoms with Crippen molar-refractivity contribution < 1.29 is 4.39 Å². The quantitative estimate of drug-likeness (QED) is 0.844. The molecule has 0 aliphatic rings. The van der Waals surface area contributed by atoms with Gasteiger partial charge in [-0.1, -0.05) is 38.4 Å². The summed E-state index contributed by atoms with van der Waals surface area (Å²) in [6.45, 7) is 7.59. The van der Waals surface area contributed by atoms with Crippen molar-refractivity contribution in [2.24, 2.45) is 11.3 Å². The lowest BCUT2D eigenvalue weighted by molar-refractivity contribution is 0.212. The minimum absolute atomic E-state index is 0.149. The molecule has 3 heteroatoms. The van der Waals surface area contributed by atoms with E-state index < -0.39 is 0 Å². The van der Waals surface area contributed by atoms with Crippen molar-refractivity contribution in [2.45, 2.75) is 27.2 Å².